The number of piperazine rings is 1. The van der Waals surface area contributed by atoms with Crippen molar-refractivity contribution in [1.82, 2.24) is 20.0 Å². The summed E-state index contributed by atoms with van der Waals surface area (Å²) in [6.07, 6.45) is 4.02. The molecule has 3 heterocycles. The third kappa shape index (κ3) is 4.44. The van der Waals surface area contributed by atoms with Crippen molar-refractivity contribution in [3.63, 3.8) is 0 Å². The van der Waals surface area contributed by atoms with E-state index in [4.69, 9.17) is 5.10 Å². The van der Waals surface area contributed by atoms with Gasteiger partial charge in [-0.05, 0) is 45.4 Å². The lowest BCUT2D eigenvalue weighted by molar-refractivity contribution is 0.251. The van der Waals surface area contributed by atoms with Gasteiger partial charge < -0.3 is 10.2 Å². The molecule has 6 heteroatoms. The van der Waals surface area contributed by atoms with E-state index in [0.29, 0.717) is 0 Å². The molecule has 0 bridgehead atoms. The molecule has 0 aliphatic carbocycles. The third-order valence-electron chi connectivity index (χ3n) is 5.88. The number of aryl methyl sites for hydroxylation is 1. The zero-order chi connectivity index (χ0) is 18.9. The largest absolute Gasteiger partial charge is 0.352 e. The van der Waals surface area contributed by atoms with Crippen molar-refractivity contribution >= 4 is 28.5 Å². The van der Waals surface area contributed by atoms with Crippen LogP contribution in [0.1, 0.15) is 33.1 Å². The number of benzene rings is 1. The number of rotatable bonds is 6. The van der Waals surface area contributed by atoms with Crippen molar-refractivity contribution in [3.8, 4) is 0 Å². The number of unbranched alkanes of at least 4 members (excludes halogenated alkanes) is 1. The number of para-hydroxylation sites is 1. The van der Waals surface area contributed by atoms with Gasteiger partial charge in [0.2, 0.25) is 0 Å². The highest BCUT2D eigenvalue weighted by Gasteiger charge is 2.30. The van der Waals surface area contributed by atoms with Gasteiger partial charge in [0.05, 0.1) is 10.4 Å². The van der Waals surface area contributed by atoms with Gasteiger partial charge in [-0.25, -0.2) is 0 Å². The number of nitrogens with zero attached hydrogens (tertiary/aromatic N) is 4. The smallest absolute Gasteiger partial charge is 0.158 e. The molecule has 5 nitrogen and oxygen atoms in total. The van der Waals surface area contributed by atoms with Gasteiger partial charge >= 0.3 is 0 Å². The van der Waals surface area contributed by atoms with Gasteiger partial charge in [-0.2, -0.15) is 5.10 Å². The Morgan fingerprint density at radius 1 is 1.15 bits per heavy atom. The van der Waals surface area contributed by atoms with Crippen LogP contribution in [0.4, 0.5) is 5.82 Å². The van der Waals surface area contributed by atoms with Gasteiger partial charge in [0.15, 0.2) is 5.82 Å². The predicted molar refractivity (Wildman–Crippen MR) is 117 cm³/mol. The molecular weight excluding hydrogens is 354 g/mol. The number of thioether (sulfide) groups is 1. The van der Waals surface area contributed by atoms with Gasteiger partial charge in [-0.1, -0.05) is 18.6 Å². The maximum Gasteiger partial charge on any atom is 0.158 e. The van der Waals surface area contributed by atoms with E-state index in [0.717, 1.165) is 37.2 Å². The van der Waals surface area contributed by atoms with E-state index in [2.05, 4.69) is 65.0 Å². The minimum Gasteiger partial charge on any atom is -0.352 e. The van der Waals surface area contributed by atoms with Crippen LogP contribution in [0.2, 0.25) is 0 Å². The standard InChI is InChI=1S/C21H33N5S/c1-21(2)22-16-17(27-21)8-6-7-11-25-12-14-26(15-13-25)20-18-9-4-5-10-19(18)24(3)23-20/h4-5,9-10,17,22H,6-8,11-16H2,1-3H3. The topological polar surface area (TPSA) is 36.3 Å². The molecule has 4 rings (SSSR count). The monoisotopic (exact) mass is 387 g/mol. The molecule has 2 aliphatic rings. The van der Waals surface area contributed by atoms with Crippen LogP contribution in [0.25, 0.3) is 10.9 Å². The first-order chi connectivity index (χ1) is 13.0. The summed E-state index contributed by atoms with van der Waals surface area (Å²) < 4.78 is 2.01. The molecule has 2 fully saturated rings. The first-order valence-corrected chi connectivity index (χ1v) is 11.2. The summed E-state index contributed by atoms with van der Waals surface area (Å²) >= 11 is 2.11. The molecule has 0 spiro atoms. The molecular formula is C21H33N5S. The fraction of sp³-hybridized carbons (Fsp3) is 0.667. The lowest BCUT2D eigenvalue weighted by Gasteiger charge is -2.35. The SMILES string of the molecule is Cn1nc(N2CCN(CCCCC3CNC(C)(C)S3)CC2)c2ccccc21. The summed E-state index contributed by atoms with van der Waals surface area (Å²) in [6, 6.07) is 8.55. The average Bonchev–Trinajstić information content (AvgIpc) is 3.19. The molecule has 1 aromatic carbocycles. The fourth-order valence-corrected chi connectivity index (χ4v) is 5.79. The quantitative estimate of drug-likeness (QED) is 0.770. The van der Waals surface area contributed by atoms with Crippen molar-refractivity contribution in [1.29, 1.82) is 0 Å². The number of nitrogens with one attached hydrogen (secondary N) is 1. The van der Waals surface area contributed by atoms with Gasteiger partial charge in [-0.3, -0.25) is 9.58 Å². The van der Waals surface area contributed by atoms with E-state index >= 15 is 0 Å². The van der Waals surface area contributed by atoms with Crippen molar-refractivity contribution in [2.24, 2.45) is 7.05 Å². The molecule has 2 saturated heterocycles. The predicted octanol–water partition coefficient (Wildman–Crippen LogP) is 3.31. The van der Waals surface area contributed by atoms with Gasteiger partial charge in [-0.15, -0.1) is 11.8 Å². The number of aromatic nitrogens is 2. The second-order valence-electron chi connectivity index (χ2n) is 8.42. The second-order valence-corrected chi connectivity index (χ2v) is 10.3. The highest BCUT2D eigenvalue weighted by Crippen LogP contribution is 2.34. The Morgan fingerprint density at radius 2 is 1.93 bits per heavy atom. The zero-order valence-corrected chi connectivity index (χ0v) is 17.8. The molecule has 1 atom stereocenters. The Hall–Kier alpha value is -1.24. The Morgan fingerprint density at radius 3 is 2.67 bits per heavy atom. The summed E-state index contributed by atoms with van der Waals surface area (Å²) in [5.74, 6) is 1.15. The molecule has 2 aliphatic heterocycles. The Labute approximate surface area is 167 Å². The van der Waals surface area contributed by atoms with E-state index in [-0.39, 0.29) is 4.87 Å². The zero-order valence-electron chi connectivity index (χ0n) is 16.9. The van der Waals surface area contributed by atoms with E-state index in [1.165, 1.54) is 43.3 Å². The van der Waals surface area contributed by atoms with Gasteiger partial charge in [0, 0.05) is 50.4 Å². The van der Waals surface area contributed by atoms with E-state index < -0.39 is 0 Å². The Balaban J connectivity index is 1.21. The molecule has 1 N–H and O–H groups in total. The first kappa shape index (κ1) is 19.1. The number of anilines is 1. The minimum atomic E-state index is 0.274. The fourth-order valence-electron chi connectivity index (χ4n) is 4.34. The minimum absolute atomic E-state index is 0.274. The Bertz CT molecular complexity index is 763. The van der Waals surface area contributed by atoms with Crippen LogP contribution in [-0.4, -0.2) is 64.1 Å². The second kappa shape index (κ2) is 8.02. The highest BCUT2D eigenvalue weighted by atomic mass is 32.2. The van der Waals surface area contributed by atoms with E-state index in [1.54, 1.807) is 0 Å². The summed E-state index contributed by atoms with van der Waals surface area (Å²) in [5, 5.41) is 10.5. The highest BCUT2D eigenvalue weighted by molar-refractivity contribution is 8.01. The van der Waals surface area contributed by atoms with E-state index in [1.807, 2.05) is 11.7 Å². The summed E-state index contributed by atoms with van der Waals surface area (Å²) in [7, 11) is 2.04. The Kier molecular flexibility index (Phi) is 5.67. The molecule has 148 valence electrons. The van der Waals surface area contributed by atoms with Crippen molar-refractivity contribution < 1.29 is 0 Å². The molecule has 0 saturated carbocycles. The van der Waals surface area contributed by atoms with Crippen LogP contribution in [0, 0.1) is 0 Å². The molecule has 0 amide bonds. The first-order valence-electron chi connectivity index (χ1n) is 10.3. The average molecular weight is 388 g/mol. The maximum atomic E-state index is 4.79. The molecule has 27 heavy (non-hydrogen) atoms. The lowest BCUT2D eigenvalue weighted by Crippen LogP contribution is -2.46. The van der Waals surface area contributed by atoms with Crippen LogP contribution in [0.5, 0.6) is 0 Å². The molecule has 1 unspecified atom stereocenters. The number of hydrogen-bond acceptors (Lipinski definition) is 5. The van der Waals surface area contributed by atoms with Crippen LogP contribution in [0.15, 0.2) is 24.3 Å². The molecule has 0 radical (unpaired) electrons. The van der Waals surface area contributed by atoms with Crippen molar-refractivity contribution in [2.45, 2.75) is 43.2 Å². The third-order valence-corrected chi connectivity index (χ3v) is 7.35. The summed E-state index contributed by atoms with van der Waals surface area (Å²) in [5.41, 5.74) is 1.22. The van der Waals surface area contributed by atoms with Crippen molar-refractivity contribution in [2.75, 3.05) is 44.2 Å². The van der Waals surface area contributed by atoms with E-state index in [9.17, 15) is 0 Å². The van der Waals surface area contributed by atoms with Gasteiger partial charge in [0.25, 0.3) is 0 Å². The number of hydrogen-bond donors (Lipinski definition) is 1. The molecule has 1 aromatic heterocycles. The number of fused-ring (bicyclic) bond motifs is 1. The molecule has 2 aromatic rings. The summed E-state index contributed by atoms with van der Waals surface area (Å²) in [4.78, 5) is 5.37. The lowest BCUT2D eigenvalue weighted by atomic mass is 10.1. The maximum absolute atomic E-state index is 4.79. The van der Waals surface area contributed by atoms with Crippen LogP contribution < -0.4 is 10.2 Å². The summed E-state index contributed by atoms with van der Waals surface area (Å²) in [6.45, 7) is 11.5. The van der Waals surface area contributed by atoms with Gasteiger partial charge in [0.1, 0.15) is 0 Å². The van der Waals surface area contributed by atoms with Crippen LogP contribution in [-0.2, 0) is 7.05 Å². The van der Waals surface area contributed by atoms with Crippen LogP contribution in [0.3, 0.4) is 0 Å². The van der Waals surface area contributed by atoms with Crippen LogP contribution >= 0.6 is 11.8 Å². The normalized spacial score (nSPS) is 23.4. The van der Waals surface area contributed by atoms with Crippen molar-refractivity contribution in [3.05, 3.63) is 24.3 Å².